The summed E-state index contributed by atoms with van der Waals surface area (Å²) >= 11 is 0. The first-order valence-corrected chi connectivity index (χ1v) is 5.52. The van der Waals surface area contributed by atoms with Gasteiger partial charge in [-0.1, -0.05) is 6.07 Å². The SMILES string of the molecule is COc1ccc([C@H](O)C[C@H](N)C(F)(F)F)cc1OC. The lowest BCUT2D eigenvalue weighted by molar-refractivity contribution is -0.153. The van der Waals surface area contributed by atoms with Gasteiger partial charge in [0.25, 0.3) is 0 Å². The van der Waals surface area contributed by atoms with Crippen LogP contribution in [-0.2, 0) is 0 Å². The van der Waals surface area contributed by atoms with Gasteiger partial charge in [0.1, 0.15) is 6.04 Å². The molecule has 0 heterocycles. The second-order valence-electron chi connectivity index (χ2n) is 4.01. The van der Waals surface area contributed by atoms with Gasteiger partial charge in [-0.15, -0.1) is 0 Å². The van der Waals surface area contributed by atoms with Crippen LogP contribution in [0, 0.1) is 0 Å². The van der Waals surface area contributed by atoms with Crippen LogP contribution in [0.4, 0.5) is 13.2 Å². The van der Waals surface area contributed by atoms with Crippen molar-refractivity contribution in [3.63, 3.8) is 0 Å². The van der Waals surface area contributed by atoms with Crippen molar-refractivity contribution in [1.29, 1.82) is 0 Å². The van der Waals surface area contributed by atoms with Gasteiger partial charge in [0.2, 0.25) is 0 Å². The van der Waals surface area contributed by atoms with Crippen LogP contribution in [0.25, 0.3) is 0 Å². The van der Waals surface area contributed by atoms with Crippen LogP contribution >= 0.6 is 0 Å². The molecular formula is C12H16F3NO3. The molecule has 0 bridgehead atoms. The first kappa shape index (κ1) is 15.6. The molecule has 0 aliphatic carbocycles. The van der Waals surface area contributed by atoms with E-state index in [1.165, 1.54) is 32.4 Å². The van der Waals surface area contributed by atoms with E-state index in [1.807, 2.05) is 0 Å². The Balaban J connectivity index is 2.85. The quantitative estimate of drug-likeness (QED) is 0.865. The first-order chi connectivity index (χ1) is 8.79. The van der Waals surface area contributed by atoms with Crippen LogP contribution in [0.5, 0.6) is 11.5 Å². The molecule has 1 aromatic rings. The van der Waals surface area contributed by atoms with Gasteiger partial charge < -0.3 is 20.3 Å². The maximum atomic E-state index is 12.3. The minimum Gasteiger partial charge on any atom is -0.493 e. The summed E-state index contributed by atoms with van der Waals surface area (Å²) in [5.41, 5.74) is 5.26. The highest BCUT2D eigenvalue weighted by Gasteiger charge is 2.38. The molecule has 1 rings (SSSR count). The monoisotopic (exact) mass is 279 g/mol. The summed E-state index contributed by atoms with van der Waals surface area (Å²) < 4.78 is 46.9. The average Bonchev–Trinajstić information content (AvgIpc) is 2.36. The molecule has 0 fully saturated rings. The van der Waals surface area contributed by atoms with Gasteiger partial charge in [-0.05, 0) is 17.7 Å². The van der Waals surface area contributed by atoms with E-state index in [0.29, 0.717) is 11.5 Å². The van der Waals surface area contributed by atoms with E-state index in [1.54, 1.807) is 0 Å². The predicted octanol–water partition coefficient (Wildman–Crippen LogP) is 2.02. The van der Waals surface area contributed by atoms with Crippen molar-refractivity contribution in [3.8, 4) is 11.5 Å². The van der Waals surface area contributed by atoms with Gasteiger partial charge in [0, 0.05) is 6.42 Å². The highest BCUT2D eigenvalue weighted by Crippen LogP contribution is 2.32. The maximum absolute atomic E-state index is 12.3. The molecule has 0 saturated heterocycles. The van der Waals surface area contributed by atoms with E-state index in [9.17, 15) is 18.3 Å². The molecule has 2 atom stereocenters. The Kier molecular flexibility index (Phi) is 5.02. The number of halogens is 3. The van der Waals surface area contributed by atoms with Gasteiger partial charge in [0.15, 0.2) is 11.5 Å². The first-order valence-electron chi connectivity index (χ1n) is 5.52. The normalized spacial score (nSPS) is 14.9. The second kappa shape index (κ2) is 6.12. The molecule has 3 N–H and O–H groups in total. The summed E-state index contributed by atoms with van der Waals surface area (Å²) in [5.74, 6) is 0.762. The molecule has 7 heteroatoms. The molecule has 0 unspecified atom stereocenters. The van der Waals surface area contributed by atoms with E-state index in [4.69, 9.17) is 15.2 Å². The number of alkyl halides is 3. The third-order valence-electron chi connectivity index (χ3n) is 2.69. The molecule has 0 aliphatic heterocycles. The number of aliphatic hydroxyl groups is 1. The van der Waals surface area contributed by atoms with Crippen molar-refractivity contribution >= 4 is 0 Å². The molecule has 108 valence electrons. The van der Waals surface area contributed by atoms with Crippen molar-refractivity contribution in [2.45, 2.75) is 24.7 Å². The Morgan fingerprint density at radius 3 is 2.26 bits per heavy atom. The van der Waals surface area contributed by atoms with Crippen molar-refractivity contribution in [2.24, 2.45) is 5.73 Å². The Labute approximate surface area is 108 Å². The van der Waals surface area contributed by atoms with Crippen molar-refractivity contribution in [3.05, 3.63) is 23.8 Å². The molecule has 0 aromatic heterocycles. The van der Waals surface area contributed by atoms with Crippen LogP contribution in [-0.4, -0.2) is 31.5 Å². The number of ether oxygens (including phenoxy) is 2. The maximum Gasteiger partial charge on any atom is 0.403 e. The fourth-order valence-corrected chi connectivity index (χ4v) is 1.57. The summed E-state index contributed by atoms with van der Waals surface area (Å²) in [7, 11) is 2.84. The third-order valence-corrected chi connectivity index (χ3v) is 2.69. The molecule has 0 saturated carbocycles. The fourth-order valence-electron chi connectivity index (χ4n) is 1.57. The number of hydrogen-bond donors (Lipinski definition) is 2. The van der Waals surface area contributed by atoms with Crippen LogP contribution in [0.3, 0.4) is 0 Å². The standard InChI is InChI=1S/C12H16F3NO3/c1-18-9-4-3-7(5-10(9)19-2)8(17)6-11(16)12(13,14)15/h3-5,8,11,17H,6,16H2,1-2H3/t8-,11+/m1/s1. The summed E-state index contributed by atoms with van der Waals surface area (Å²) in [6, 6.07) is 2.33. The molecule has 1 aromatic carbocycles. The molecule has 4 nitrogen and oxygen atoms in total. The van der Waals surface area contributed by atoms with Crippen LogP contribution in [0.15, 0.2) is 18.2 Å². The van der Waals surface area contributed by atoms with Crippen LogP contribution < -0.4 is 15.2 Å². The van der Waals surface area contributed by atoms with Gasteiger partial charge >= 0.3 is 6.18 Å². The summed E-state index contributed by atoms with van der Waals surface area (Å²) in [4.78, 5) is 0. The fraction of sp³-hybridized carbons (Fsp3) is 0.500. The third kappa shape index (κ3) is 4.00. The van der Waals surface area contributed by atoms with Crippen LogP contribution in [0.1, 0.15) is 18.1 Å². The van der Waals surface area contributed by atoms with Crippen LogP contribution in [0.2, 0.25) is 0 Å². The number of nitrogens with two attached hydrogens (primary N) is 1. The summed E-state index contributed by atoms with van der Waals surface area (Å²) in [5, 5.41) is 9.76. The molecule has 0 aliphatic rings. The van der Waals surface area contributed by atoms with Crippen molar-refractivity contribution < 1.29 is 27.8 Å². The van der Waals surface area contributed by atoms with Gasteiger partial charge in [0.05, 0.1) is 20.3 Å². The topological polar surface area (TPSA) is 64.7 Å². The summed E-state index contributed by atoms with van der Waals surface area (Å²) in [6.45, 7) is 0. The number of aliphatic hydroxyl groups excluding tert-OH is 1. The minimum atomic E-state index is -4.53. The molecule has 0 radical (unpaired) electrons. The highest BCUT2D eigenvalue weighted by atomic mass is 19.4. The van der Waals surface area contributed by atoms with E-state index in [-0.39, 0.29) is 5.56 Å². The number of methoxy groups -OCH3 is 2. The van der Waals surface area contributed by atoms with Crippen molar-refractivity contribution in [2.75, 3.05) is 14.2 Å². The molecular weight excluding hydrogens is 263 g/mol. The predicted molar refractivity (Wildman–Crippen MR) is 63.2 cm³/mol. The molecule has 0 spiro atoms. The lowest BCUT2D eigenvalue weighted by Crippen LogP contribution is -2.38. The van der Waals surface area contributed by atoms with E-state index in [2.05, 4.69) is 0 Å². The number of benzene rings is 1. The Morgan fingerprint density at radius 1 is 1.21 bits per heavy atom. The molecule has 0 amide bonds. The largest absolute Gasteiger partial charge is 0.493 e. The lowest BCUT2D eigenvalue weighted by Gasteiger charge is -2.20. The van der Waals surface area contributed by atoms with Gasteiger partial charge in [-0.25, -0.2) is 0 Å². The smallest absolute Gasteiger partial charge is 0.403 e. The number of rotatable bonds is 5. The Bertz CT molecular complexity index is 423. The Hall–Kier alpha value is -1.47. The summed E-state index contributed by atoms with van der Waals surface area (Å²) in [6.07, 6.45) is -6.47. The van der Waals surface area contributed by atoms with E-state index < -0.39 is 24.7 Å². The lowest BCUT2D eigenvalue weighted by atomic mass is 10.0. The van der Waals surface area contributed by atoms with E-state index in [0.717, 1.165) is 0 Å². The zero-order valence-electron chi connectivity index (χ0n) is 10.6. The Morgan fingerprint density at radius 2 is 1.79 bits per heavy atom. The van der Waals surface area contributed by atoms with Gasteiger partial charge in [-0.3, -0.25) is 0 Å². The number of hydrogen-bond acceptors (Lipinski definition) is 4. The zero-order valence-corrected chi connectivity index (χ0v) is 10.6. The van der Waals surface area contributed by atoms with E-state index >= 15 is 0 Å². The average molecular weight is 279 g/mol. The zero-order chi connectivity index (χ0) is 14.6. The van der Waals surface area contributed by atoms with Crippen molar-refractivity contribution in [1.82, 2.24) is 0 Å². The second-order valence-corrected chi connectivity index (χ2v) is 4.01. The van der Waals surface area contributed by atoms with Gasteiger partial charge in [-0.2, -0.15) is 13.2 Å². The molecule has 19 heavy (non-hydrogen) atoms. The highest BCUT2D eigenvalue weighted by molar-refractivity contribution is 5.43. The minimum absolute atomic E-state index is 0.289.